The van der Waals surface area contributed by atoms with E-state index in [9.17, 15) is 4.79 Å². The van der Waals surface area contributed by atoms with Gasteiger partial charge in [-0.25, -0.2) is 0 Å². The van der Waals surface area contributed by atoms with Crippen molar-refractivity contribution in [2.24, 2.45) is 0 Å². The molecule has 1 amide bonds. The smallest absolute Gasteiger partial charge is 0.253 e. The van der Waals surface area contributed by atoms with Crippen molar-refractivity contribution in [3.63, 3.8) is 0 Å². The fraction of sp³-hybridized carbons (Fsp3) is 0.421. The lowest BCUT2D eigenvalue weighted by atomic mass is 10.1. The summed E-state index contributed by atoms with van der Waals surface area (Å²) in [6, 6.07) is 9.90. The van der Waals surface area contributed by atoms with Gasteiger partial charge in [0.1, 0.15) is 0 Å². The first-order chi connectivity index (χ1) is 12.2. The van der Waals surface area contributed by atoms with E-state index in [1.165, 1.54) is 5.56 Å². The normalized spacial score (nSPS) is 17.3. The molecule has 2 aromatic rings. The van der Waals surface area contributed by atoms with Crippen LogP contribution in [0.25, 0.3) is 0 Å². The molecule has 0 N–H and O–H groups in total. The number of ether oxygens (including phenoxy) is 1. The zero-order valence-corrected chi connectivity index (χ0v) is 14.4. The molecule has 6 nitrogen and oxygen atoms in total. The maximum absolute atomic E-state index is 12.9. The van der Waals surface area contributed by atoms with Gasteiger partial charge >= 0.3 is 0 Å². The summed E-state index contributed by atoms with van der Waals surface area (Å²) in [6.45, 7) is 6.32. The Hall–Kier alpha value is -2.47. The number of carbonyl (C=O) groups is 1. The Bertz CT molecular complexity index is 775. The molecule has 1 aromatic carbocycles. The van der Waals surface area contributed by atoms with Gasteiger partial charge in [0.25, 0.3) is 5.91 Å². The molecule has 130 valence electrons. The van der Waals surface area contributed by atoms with Gasteiger partial charge in [0.15, 0.2) is 5.82 Å². The number of hydrogen-bond donors (Lipinski definition) is 0. The summed E-state index contributed by atoms with van der Waals surface area (Å²) >= 11 is 0. The highest BCUT2D eigenvalue weighted by atomic mass is 16.5. The molecule has 0 unspecified atom stereocenters. The molecule has 25 heavy (non-hydrogen) atoms. The monoisotopic (exact) mass is 338 g/mol. The zero-order chi connectivity index (χ0) is 17.2. The average Bonchev–Trinajstić information content (AvgIpc) is 2.97. The van der Waals surface area contributed by atoms with Crippen LogP contribution in [0.15, 0.2) is 30.3 Å². The molecule has 0 aliphatic carbocycles. The summed E-state index contributed by atoms with van der Waals surface area (Å²) in [7, 11) is 0. The summed E-state index contributed by atoms with van der Waals surface area (Å²) in [5.41, 5.74) is 4.00. The van der Waals surface area contributed by atoms with Crippen LogP contribution in [0, 0.1) is 6.92 Å². The van der Waals surface area contributed by atoms with Crippen molar-refractivity contribution in [1.82, 2.24) is 15.1 Å². The van der Waals surface area contributed by atoms with E-state index in [0.717, 1.165) is 48.7 Å². The van der Waals surface area contributed by atoms with Crippen molar-refractivity contribution in [3.8, 4) is 0 Å². The number of anilines is 1. The zero-order valence-electron chi connectivity index (χ0n) is 14.4. The molecule has 2 aliphatic heterocycles. The van der Waals surface area contributed by atoms with E-state index in [1.54, 1.807) is 0 Å². The number of benzene rings is 1. The minimum Gasteiger partial charge on any atom is -0.372 e. The van der Waals surface area contributed by atoms with Crippen LogP contribution in [0.5, 0.6) is 0 Å². The van der Waals surface area contributed by atoms with Gasteiger partial charge in [0.2, 0.25) is 0 Å². The fourth-order valence-electron chi connectivity index (χ4n) is 3.40. The quantitative estimate of drug-likeness (QED) is 0.840. The highest BCUT2D eigenvalue weighted by Crippen LogP contribution is 2.22. The average molecular weight is 338 g/mol. The lowest BCUT2D eigenvalue weighted by molar-refractivity contribution is 0.0767. The number of carbonyl (C=O) groups excluding carboxylic acids is 1. The van der Waals surface area contributed by atoms with Gasteiger partial charge in [-0.05, 0) is 48.7 Å². The fourth-order valence-corrected chi connectivity index (χ4v) is 3.40. The standard InChI is InChI=1S/C19H22N4O2/c1-14-3-6-18(21-20-14)22-7-2-8-23(10-9-22)19(24)15-4-5-16-12-25-13-17(16)11-15/h3-6,11H,2,7-10,12-13H2,1H3. The van der Waals surface area contributed by atoms with Crippen LogP contribution in [0.3, 0.4) is 0 Å². The van der Waals surface area contributed by atoms with E-state index >= 15 is 0 Å². The second kappa shape index (κ2) is 6.80. The summed E-state index contributed by atoms with van der Waals surface area (Å²) in [4.78, 5) is 17.0. The first kappa shape index (κ1) is 16.0. The molecule has 0 atom stereocenters. The highest BCUT2D eigenvalue weighted by Gasteiger charge is 2.22. The van der Waals surface area contributed by atoms with Crippen molar-refractivity contribution in [2.45, 2.75) is 26.6 Å². The summed E-state index contributed by atoms with van der Waals surface area (Å²) < 4.78 is 5.44. The second-order valence-electron chi connectivity index (χ2n) is 6.64. The van der Waals surface area contributed by atoms with Crippen LogP contribution >= 0.6 is 0 Å². The molecule has 0 bridgehead atoms. The van der Waals surface area contributed by atoms with Crippen molar-refractivity contribution < 1.29 is 9.53 Å². The maximum Gasteiger partial charge on any atom is 0.253 e. The highest BCUT2D eigenvalue weighted by molar-refractivity contribution is 5.94. The Balaban J connectivity index is 1.45. The third kappa shape index (κ3) is 3.35. The van der Waals surface area contributed by atoms with E-state index in [-0.39, 0.29) is 5.91 Å². The number of nitrogens with zero attached hydrogens (tertiary/aromatic N) is 4. The van der Waals surface area contributed by atoms with Gasteiger partial charge in [-0.1, -0.05) is 6.07 Å². The number of aryl methyl sites for hydroxylation is 1. The predicted molar refractivity (Wildman–Crippen MR) is 94.4 cm³/mol. The Labute approximate surface area is 147 Å². The molecule has 0 saturated carbocycles. The SMILES string of the molecule is Cc1ccc(N2CCCN(C(=O)c3ccc4c(c3)COC4)CC2)nn1. The van der Waals surface area contributed by atoms with E-state index in [4.69, 9.17) is 4.74 Å². The van der Waals surface area contributed by atoms with E-state index in [1.807, 2.05) is 42.2 Å². The topological polar surface area (TPSA) is 58.6 Å². The third-order valence-electron chi connectivity index (χ3n) is 4.86. The molecule has 0 spiro atoms. The molecule has 6 heteroatoms. The van der Waals surface area contributed by atoms with Crippen LogP contribution in [0.1, 0.15) is 33.6 Å². The van der Waals surface area contributed by atoms with Gasteiger partial charge in [0, 0.05) is 31.7 Å². The van der Waals surface area contributed by atoms with Crippen molar-refractivity contribution in [3.05, 3.63) is 52.7 Å². The largest absolute Gasteiger partial charge is 0.372 e. The number of hydrogen-bond acceptors (Lipinski definition) is 5. The lowest BCUT2D eigenvalue weighted by Gasteiger charge is -2.22. The van der Waals surface area contributed by atoms with Gasteiger partial charge in [-0.15, -0.1) is 5.10 Å². The Morgan fingerprint density at radius 3 is 2.72 bits per heavy atom. The van der Waals surface area contributed by atoms with Crippen LogP contribution in [0.4, 0.5) is 5.82 Å². The number of aromatic nitrogens is 2. The first-order valence-electron chi connectivity index (χ1n) is 8.75. The van der Waals surface area contributed by atoms with E-state index in [0.29, 0.717) is 19.8 Å². The third-order valence-corrected chi connectivity index (χ3v) is 4.86. The molecule has 2 aliphatic rings. The molecule has 4 rings (SSSR count). The number of rotatable bonds is 2. The Morgan fingerprint density at radius 2 is 1.88 bits per heavy atom. The lowest BCUT2D eigenvalue weighted by Crippen LogP contribution is -2.35. The molecule has 1 fully saturated rings. The van der Waals surface area contributed by atoms with Gasteiger partial charge in [-0.3, -0.25) is 4.79 Å². The van der Waals surface area contributed by atoms with Crippen molar-refractivity contribution in [1.29, 1.82) is 0 Å². The van der Waals surface area contributed by atoms with Gasteiger partial charge in [0.05, 0.1) is 18.9 Å². The summed E-state index contributed by atoms with van der Waals surface area (Å²) in [5, 5.41) is 8.41. The Kier molecular flexibility index (Phi) is 4.36. The predicted octanol–water partition coefficient (Wildman–Crippen LogP) is 2.17. The molecular weight excluding hydrogens is 316 g/mol. The molecule has 1 saturated heterocycles. The minimum absolute atomic E-state index is 0.103. The second-order valence-corrected chi connectivity index (χ2v) is 6.64. The van der Waals surface area contributed by atoms with Crippen molar-refractivity contribution >= 4 is 11.7 Å². The maximum atomic E-state index is 12.9. The molecule has 1 aromatic heterocycles. The van der Waals surface area contributed by atoms with Crippen LogP contribution < -0.4 is 4.90 Å². The van der Waals surface area contributed by atoms with Crippen molar-refractivity contribution in [2.75, 3.05) is 31.1 Å². The first-order valence-corrected chi connectivity index (χ1v) is 8.75. The minimum atomic E-state index is 0.103. The van der Waals surface area contributed by atoms with E-state index < -0.39 is 0 Å². The van der Waals surface area contributed by atoms with Crippen LogP contribution in [-0.4, -0.2) is 47.2 Å². The van der Waals surface area contributed by atoms with E-state index in [2.05, 4.69) is 15.1 Å². The van der Waals surface area contributed by atoms with Gasteiger partial charge < -0.3 is 14.5 Å². The summed E-state index contributed by atoms with van der Waals surface area (Å²) in [6.07, 6.45) is 0.926. The molecular formula is C19H22N4O2. The number of fused-ring (bicyclic) bond motifs is 1. The summed E-state index contributed by atoms with van der Waals surface area (Å²) in [5.74, 6) is 0.987. The molecule has 0 radical (unpaired) electrons. The molecule has 3 heterocycles. The van der Waals surface area contributed by atoms with Crippen LogP contribution in [-0.2, 0) is 18.0 Å². The Morgan fingerprint density at radius 1 is 1.00 bits per heavy atom. The van der Waals surface area contributed by atoms with Crippen LogP contribution in [0.2, 0.25) is 0 Å². The van der Waals surface area contributed by atoms with Gasteiger partial charge in [-0.2, -0.15) is 5.10 Å². The number of amides is 1.